The van der Waals surface area contributed by atoms with E-state index in [4.69, 9.17) is 14.2 Å². The Morgan fingerprint density at radius 1 is 0.690 bits per heavy atom. The molecule has 0 aromatic heterocycles. The van der Waals surface area contributed by atoms with Crippen LogP contribution in [0.25, 0.3) is 5.76 Å². The first kappa shape index (κ1) is 19.4. The maximum atomic E-state index is 6.31. The van der Waals surface area contributed by atoms with E-state index in [-0.39, 0.29) is 18.3 Å². The lowest BCUT2D eigenvalue weighted by Crippen LogP contribution is -2.43. The van der Waals surface area contributed by atoms with Gasteiger partial charge in [-0.2, -0.15) is 0 Å². The van der Waals surface area contributed by atoms with Crippen LogP contribution in [-0.2, 0) is 27.4 Å². The number of hydrogen-bond acceptors (Lipinski definition) is 3. The molecule has 0 amide bonds. The second kappa shape index (κ2) is 9.55. The highest BCUT2D eigenvalue weighted by atomic mass is 16.6. The van der Waals surface area contributed by atoms with E-state index in [0.717, 1.165) is 22.4 Å². The Hall–Kier alpha value is -2.88. The predicted molar refractivity (Wildman–Crippen MR) is 115 cm³/mol. The third kappa shape index (κ3) is 5.14. The topological polar surface area (TPSA) is 27.7 Å². The number of rotatable bonds is 7. The van der Waals surface area contributed by atoms with Crippen LogP contribution in [0.4, 0.5) is 0 Å². The summed E-state index contributed by atoms with van der Waals surface area (Å²) in [4.78, 5) is 0. The third-order valence-corrected chi connectivity index (χ3v) is 5.04. The van der Waals surface area contributed by atoms with Gasteiger partial charge in [-0.3, -0.25) is 0 Å². The third-order valence-electron chi connectivity index (χ3n) is 5.04. The first-order valence-electron chi connectivity index (χ1n) is 10.0. The Balaban J connectivity index is 1.53. The van der Waals surface area contributed by atoms with E-state index in [1.807, 2.05) is 67.6 Å². The summed E-state index contributed by atoms with van der Waals surface area (Å²) in [6, 6.07) is 30.6. The number of benzene rings is 3. The summed E-state index contributed by atoms with van der Waals surface area (Å²) >= 11 is 0. The maximum absolute atomic E-state index is 6.31. The lowest BCUT2D eigenvalue weighted by molar-refractivity contribution is -0.119. The number of hydrogen-bond donors (Lipinski definition) is 0. The van der Waals surface area contributed by atoms with Crippen molar-refractivity contribution in [2.24, 2.45) is 0 Å². The number of ether oxygens (including phenoxy) is 3. The van der Waals surface area contributed by atoms with Gasteiger partial charge in [-0.05, 0) is 24.1 Å². The van der Waals surface area contributed by atoms with Crippen LogP contribution < -0.4 is 0 Å². The highest BCUT2D eigenvalue weighted by molar-refractivity contribution is 5.61. The van der Waals surface area contributed by atoms with Gasteiger partial charge in [-0.25, -0.2) is 0 Å². The maximum Gasteiger partial charge on any atom is 0.125 e. The molecule has 4 rings (SSSR count). The summed E-state index contributed by atoms with van der Waals surface area (Å²) in [5, 5.41) is 0. The normalized spacial score (nSPS) is 21.3. The Bertz CT molecular complexity index is 906. The molecule has 0 N–H and O–H groups in total. The molecule has 0 saturated carbocycles. The second-order valence-electron chi connectivity index (χ2n) is 7.24. The van der Waals surface area contributed by atoms with Gasteiger partial charge in [0, 0.05) is 5.56 Å². The molecule has 0 aliphatic carbocycles. The fourth-order valence-electron chi connectivity index (χ4n) is 3.49. The van der Waals surface area contributed by atoms with Gasteiger partial charge in [0.1, 0.15) is 24.1 Å². The van der Waals surface area contributed by atoms with E-state index in [2.05, 4.69) is 36.4 Å². The molecule has 1 aliphatic rings. The van der Waals surface area contributed by atoms with Crippen LogP contribution in [0, 0.1) is 0 Å². The molecule has 1 aliphatic heterocycles. The van der Waals surface area contributed by atoms with Crippen molar-refractivity contribution in [1.82, 2.24) is 0 Å². The van der Waals surface area contributed by atoms with Gasteiger partial charge in [0.05, 0.1) is 13.2 Å². The van der Waals surface area contributed by atoms with Crippen molar-refractivity contribution in [3.8, 4) is 0 Å². The van der Waals surface area contributed by atoms with E-state index in [1.54, 1.807) is 0 Å². The van der Waals surface area contributed by atoms with Crippen LogP contribution >= 0.6 is 0 Å². The average molecular weight is 386 g/mol. The Morgan fingerprint density at radius 2 is 1.21 bits per heavy atom. The van der Waals surface area contributed by atoms with Crippen molar-refractivity contribution in [1.29, 1.82) is 0 Å². The zero-order valence-corrected chi connectivity index (χ0v) is 16.6. The minimum absolute atomic E-state index is 0.125. The lowest BCUT2D eigenvalue weighted by atomic mass is 10.0. The molecule has 3 nitrogen and oxygen atoms in total. The van der Waals surface area contributed by atoms with E-state index < -0.39 is 0 Å². The standard InChI is InChI=1S/C26H26O3/c1-20-26(28-19-22-13-7-3-8-14-22)25(27-18-21-11-5-2-6-12-21)17-24(29-20)23-15-9-4-10-16-23/h2-17,20,25-26H,18-19H2,1H3/t20-,25-,26-/m0/s1. The van der Waals surface area contributed by atoms with Gasteiger partial charge < -0.3 is 14.2 Å². The molecule has 3 heteroatoms. The summed E-state index contributed by atoms with van der Waals surface area (Å²) in [6.45, 7) is 3.10. The van der Waals surface area contributed by atoms with E-state index in [9.17, 15) is 0 Å². The molecule has 0 bridgehead atoms. The molecule has 3 atom stereocenters. The summed E-state index contributed by atoms with van der Waals surface area (Å²) in [5.41, 5.74) is 3.33. The molecule has 0 spiro atoms. The lowest BCUT2D eigenvalue weighted by Gasteiger charge is -2.35. The van der Waals surface area contributed by atoms with Crippen LogP contribution in [0.5, 0.6) is 0 Å². The van der Waals surface area contributed by atoms with Crippen LogP contribution in [-0.4, -0.2) is 18.3 Å². The molecule has 0 saturated heterocycles. The van der Waals surface area contributed by atoms with Crippen molar-refractivity contribution in [3.05, 3.63) is 114 Å². The second-order valence-corrected chi connectivity index (χ2v) is 7.24. The molecular formula is C26H26O3. The van der Waals surface area contributed by atoms with E-state index in [0.29, 0.717) is 13.2 Å². The highest BCUT2D eigenvalue weighted by Gasteiger charge is 2.34. The smallest absolute Gasteiger partial charge is 0.125 e. The van der Waals surface area contributed by atoms with Gasteiger partial charge in [0.15, 0.2) is 0 Å². The van der Waals surface area contributed by atoms with Gasteiger partial charge in [0.25, 0.3) is 0 Å². The van der Waals surface area contributed by atoms with E-state index in [1.165, 1.54) is 0 Å². The SMILES string of the molecule is C[C@@H]1OC(c2ccccc2)=C[C@H](OCc2ccccc2)[C@H]1OCc1ccccc1. The summed E-state index contributed by atoms with van der Waals surface area (Å²) in [7, 11) is 0. The van der Waals surface area contributed by atoms with Crippen LogP contribution in [0.15, 0.2) is 97.1 Å². The Kier molecular flexibility index (Phi) is 6.40. The molecule has 3 aromatic carbocycles. The molecule has 29 heavy (non-hydrogen) atoms. The molecule has 1 heterocycles. The molecule has 0 fully saturated rings. The Labute approximate surface area is 172 Å². The quantitative estimate of drug-likeness (QED) is 0.528. The van der Waals surface area contributed by atoms with Crippen molar-refractivity contribution in [3.63, 3.8) is 0 Å². The zero-order valence-electron chi connectivity index (χ0n) is 16.6. The molecule has 148 valence electrons. The van der Waals surface area contributed by atoms with Gasteiger partial charge in [0.2, 0.25) is 0 Å². The van der Waals surface area contributed by atoms with Gasteiger partial charge in [-0.15, -0.1) is 0 Å². The predicted octanol–water partition coefficient (Wildman–Crippen LogP) is 5.62. The van der Waals surface area contributed by atoms with Gasteiger partial charge >= 0.3 is 0 Å². The average Bonchev–Trinajstić information content (AvgIpc) is 2.79. The monoisotopic (exact) mass is 386 g/mol. The van der Waals surface area contributed by atoms with E-state index >= 15 is 0 Å². The van der Waals surface area contributed by atoms with Gasteiger partial charge in [-0.1, -0.05) is 91.0 Å². The summed E-state index contributed by atoms with van der Waals surface area (Å²) in [5.74, 6) is 0.843. The molecule has 0 unspecified atom stereocenters. The van der Waals surface area contributed by atoms with Crippen molar-refractivity contribution < 1.29 is 14.2 Å². The van der Waals surface area contributed by atoms with Crippen molar-refractivity contribution >= 4 is 5.76 Å². The highest BCUT2D eigenvalue weighted by Crippen LogP contribution is 2.30. The first-order valence-corrected chi connectivity index (χ1v) is 10.0. The molecule has 3 aromatic rings. The summed E-state index contributed by atoms with van der Waals surface area (Å²) < 4.78 is 18.8. The fourth-order valence-corrected chi connectivity index (χ4v) is 3.49. The van der Waals surface area contributed by atoms with Crippen molar-refractivity contribution in [2.75, 3.05) is 0 Å². The van der Waals surface area contributed by atoms with Crippen LogP contribution in [0.2, 0.25) is 0 Å². The fraction of sp³-hybridized carbons (Fsp3) is 0.231. The van der Waals surface area contributed by atoms with Crippen LogP contribution in [0.1, 0.15) is 23.6 Å². The summed E-state index contributed by atoms with van der Waals surface area (Å²) in [6.07, 6.45) is 1.54. The Morgan fingerprint density at radius 3 is 1.79 bits per heavy atom. The largest absolute Gasteiger partial charge is 0.487 e. The van der Waals surface area contributed by atoms with Crippen molar-refractivity contribution in [2.45, 2.75) is 38.4 Å². The molecular weight excluding hydrogens is 360 g/mol. The minimum atomic E-state index is -0.196. The zero-order chi connectivity index (χ0) is 19.9. The molecule has 0 radical (unpaired) electrons. The minimum Gasteiger partial charge on any atom is -0.487 e. The van der Waals surface area contributed by atoms with Crippen LogP contribution in [0.3, 0.4) is 0 Å². The first-order chi connectivity index (χ1) is 14.3.